The number of benzene rings is 1. The summed E-state index contributed by atoms with van der Waals surface area (Å²) in [5.74, 6) is 0.779. The maximum absolute atomic E-state index is 12.4. The molecule has 1 amide bonds. The highest BCUT2D eigenvalue weighted by Crippen LogP contribution is 2.16. The van der Waals surface area contributed by atoms with Crippen LogP contribution in [0.25, 0.3) is 0 Å². The first-order valence-corrected chi connectivity index (χ1v) is 7.73. The molecule has 1 N–H and O–H groups in total. The van der Waals surface area contributed by atoms with E-state index < -0.39 is 0 Å². The van der Waals surface area contributed by atoms with Gasteiger partial charge >= 0.3 is 0 Å². The van der Waals surface area contributed by atoms with E-state index in [4.69, 9.17) is 9.15 Å². The highest BCUT2D eigenvalue weighted by atomic mass is 16.5. The van der Waals surface area contributed by atoms with Crippen molar-refractivity contribution in [2.24, 2.45) is 0 Å². The third-order valence-electron chi connectivity index (χ3n) is 3.51. The molecule has 24 heavy (non-hydrogen) atoms. The van der Waals surface area contributed by atoms with Crippen LogP contribution in [-0.2, 0) is 13.2 Å². The van der Waals surface area contributed by atoms with E-state index in [0.29, 0.717) is 12.1 Å². The summed E-state index contributed by atoms with van der Waals surface area (Å²) in [4.78, 5) is 16.4. The second kappa shape index (κ2) is 7.50. The minimum absolute atomic E-state index is 0.0558. The van der Waals surface area contributed by atoms with Gasteiger partial charge in [-0.1, -0.05) is 18.2 Å². The summed E-state index contributed by atoms with van der Waals surface area (Å²) in [5.41, 5.74) is 0.714. The van der Waals surface area contributed by atoms with E-state index in [0.717, 1.165) is 5.75 Å². The summed E-state index contributed by atoms with van der Waals surface area (Å²) < 4.78 is 12.9. The molecule has 6 nitrogen and oxygen atoms in total. The van der Waals surface area contributed by atoms with Crippen LogP contribution in [0.5, 0.6) is 5.75 Å². The van der Waals surface area contributed by atoms with E-state index >= 15 is 0 Å². The van der Waals surface area contributed by atoms with Crippen LogP contribution >= 0.6 is 0 Å². The van der Waals surface area contributed by atoms with Crippen LogP contribution in [-0.4, -0.2) is 21.5 Å². The molecular formula is C18H19N3O3. The van der Waals surface area contributed by atoms with Gasteiger partial charge in [0.25, 0.3) is 5.91 Å². The zero-order valence-electron chi connectivity index (χ0n) is 13.4. The second-order valence-corrected chi connectivity index (χ2v) is 5.51. The van der Waals surface area contributed by atoms with E-state index in [9.17, 15) is 4.79 Å². The number of ether oxygens (including phenoxy) is 1. The molecule has 124 valence electrons. The Hall–Kier alpha value is -3.02. The number of rotatable bonds is 7. The van der Waals surface area contributed by atoms with Crippen molar-refractivity contribution in [2.45, 2.75) is 26.1 Å². The number of furan rings is 1. The number of para-hydroxylation sites is 1. The molecule has 0 aliphatic rings. The van der Waals surface area contributed by atoms with Gasteiger partial charge in [-0.05, 0) is 25.1 Å². The molecule has 0 fully saturated rings. The van der Waals surface area contributed by atoms with E-state index in [1.807, 2.05) is 48.0 Å². The number of carbonyl (C=O) groups is 1. The summed E-state index contributed by atoms with van der Waals surface area (Å²) in [6.45, 7) is 2.85. The molecule has 0 bridgehead atoms. The lowest BCUT2D eigenvalue weighted by molar-refractivity contribution is 0.0905. The lowest BCUT2D eigenvalue weighted by Crippen LogP contribution is -2.35. The predicted octanol–water partition coefficient (Wildman–Crippen LogP) is 2.87. The van der Waals surface area contributed by atoms with Gasteiger partial charge in [-0.2, -0.15) is 0 Å². The van der Waals surface area contributed by atoms with Gasteiger partial charge in [0.1, 0.15) is 12.4 Å². The Labute approximate surface area is 140 Å². The van der Waals surface area contributed by atoms with Gasteiger partial charge in [-0.25, -0.2) is 4.98 Å². The Morgan fingerprint density at radius 3 is 2.92 bits per heavy atom. The molecule has 2 aromatic heterocycles. The van der Waals surface area contributed by atoms with Crippen LogP contribution in [0.4, 0.5) is 0 Å². The fourth-order valence-corrected chi connectivity index (χ4v) is 2.37. The van der Waals surface area contributed by atoms with Crippen molar-refractivity contribution in [3.8, 4) is 5.75 Å². The largest absolute Gasteiger partial charge is 0.489 e. The highest BCUT2D eigenvalue weighted by Gasteiger charge is 2.18. The maximum Gasteiger partial charge on any atom is 0.287 e. The van der Waals surface area contributed by atoms with Gasteiger partial charge < -0.3 is 19.0 Å². The minimum Gasteiger partial charge on any atom is -0.489 e. The molecule has 1 aromatic carbocycles. The molecule has 0 saturated carbocycles. The normalized spacial score (nSPS) is 11.9. The number of nitrogens with zero attached hydrogens (tertiary/aromatic N) is 2. The Balaban J connectivity index is 1.58. The number of hydrogen-bond acceptors (Lipinski definition) is 4. The third kappa shape index (κ3) is 4.04. The molecule has 3 rings (SSSR count). The van der Waals surface area contributed by atoms with E-state index in [2.05, 4.69) is 10.3 Å². The van der Waals surface area contributed by atoms with Gasteiger partial charge in [0.05, 0.1) is 12.6 Å². The van der Waals surface area contributed by atoms with Gasteiger partial charge in [-0.15, -0.1) is 0 Å². The first-order chi connectivity index (χ1) is 11.7. The number of imidazole rings is 1. The fourth-order valence-electron chi connectivity index (χ4n) is 2.37. The van der Waals surface area contributed by atoms with Crippen molar-refractivity contribution >= 4 is 5.91 Å². The van der Waals surface area contributed by atoms with Gasteiger partial charge in [0.2, 0.25) is 0 Å². The highest BCUT2D eigenvalue weighted by molar-refractivity contribution is 5.93. The van der Waals surface area contributed by atoms with Gasteiger partial charge in [-0.3, -0.25) is 4.79 Å². The molecule has 0 aliphatic heterocycles. The molecule has 1 unspecified atom stereocenters. The lowest BCUT2D eigenvalue weighted by atomic mass is 10.2. The van der Waals surface area contributed by atoms with Crippen LogP contribution < -0.4 is 10.1 Å². The van der Waals surface area contributed by atoms with Crippen molar-refractivity contribution in [1.82, 2.24) is 14.9 Å². The van der Waals surface area contributed by atoms with Crippen LogP contribution in [0.1, 0.15) is 23.0 Å². The summed E-state index contributed by atoms with van der Waals surface area (Å²) >= 11 is 0. The average molecular weight is 325 g/mol. The number of carbonyl (C=O) groups excluding carboxylic acids is 1. The second-order valence-electron chi connectivity index (χ2n) is 5.51. The van der Waals surface area contributed by atoms with E-state index in [1.54, 1.807) is 18.6 Å². The van der Waals surface area contributed by atoms with Crippen molar-refractivity contribution in [3.05, 3.63) is 72.7 Å². The SMILES string of the molecule is CC(Cn1ccnc1)NC(=O)c1occc1COc1ccccc1. The number of amides is 1. The van der Waals surface area contributed by atoms with Gasteiger partial charge in [0.15, 0.2) is 5.76 Å². The Kier molecular flexibility index (Phi) is 4.96. The molecular weight excluding hydrogens is 306 g/mol. The molecule has 1 atom stereocenters. The molecule has 0 radical (unpaired) electrons. The van der Waals surface area contributed by atoms with Crippen LogP contribution in [0.2, 0.25) is 0 Å². The van der Waals surface area contributed by atoms with Gasteiger partial charge in [0, 0.05) is 30.5 Å². The molecule has 6 heteroatoms. The topological polar surface area (TPSA) is 69.3 Å². The Morgan fingerprint density at radius 1 is 1.33 bits per heavy atom. The van der Waals surface area contributed by atoms with Crippen molar-refractivity contribution < 1.29 is 13.9 Å². The molecule has 0 saturated heterocycles. The summed E-state index contributed by atoms with van der Waals surface area (Å²) in [6, 6.07) is 11.1. The van der Waals surface area contributed by atoms with E-state index in [1.165, 1.54) is 6.26 Å². The first-order valence-electron chi connectivity index (χ1n) is 7.73. The quantitative estimate of drug-likeness (QED) is 0.725. The lowest BCUT2D eigenvalue weighted by Gasteiger charge is -2.14. The number of hydrogen-bond donors (Lipinski definition) is 1. The van der Waals surface area contributed by atoms with E-state index in [-0.39, 0.29) is 24.3 Å². The van der Waals surface area contributed by atoms with Crippen molar-refractivity contribution in [1.29, 1.82) is 0 Å². The average Bonchev–Trinajstić information content (AvgIpc) is 3.25. The standard InChI is InChI=1S/C18H19N3O3/c1-14(11-21-9-8-19-13-21)20-18(22)17-15(7-10-23-17)12-24-16-5-3-2-4-6-16/h2-10,13-14H,11-12H2,1H3,(H,20,22). The zero-order valence-corrected chi connectivity index (χ0v) is 13.4. The fraction of sp³-hybridized carbons (Fsp3) is 0.222. The molecule has 2 heterocycles. The number of nitrogens with one attached hydrogen (secondary N) is 1. The van der Waals surface area contributed by atoms with Crippen LogP contribution in [0, 0.1) is 0 Å². The smallest absolute Gasteiger partial charge is 0.287 e. The molecule has 3 aromatic rings. The number of aromatic nitrogens is 2. The third-order valence-corrected chi connectivity index (χ3v) is 3.51. The summed E-state index contributed by atoms with van der Waals surface area (Å²) in [7, 11) is 0. The van der Waals surface area contributed by atoms with Crippen molar-refractivity contribution in [2.75, 3.05) is 0 Å². The zero-order chi connectivity index (χ0) is 16.8. The monoisotopic (exact) mass is 325 g/mol. The van der Waals surface area contributed by atoms with Crippen molar-refractivity contribution in [3.63, 3.8) is 0 Å². The minimum atomic E-state index is -0.251. The Bertz CT molecular complexity index is 766. The maximum atomic E-state index is 12.4. The molecule has 0 spiro atoms. The Morgan fingerprint density at radius 2 is 2.17 bits per heavy atom. The summed E-state index contributed by atoms with van der Waals surface area (Å²) in [5, 5.41) is 2.92. The summed E-state index contributed by atoms with van der Waals surface area (Å²) in [6.07, 6.45) is 6.78. The predicted molar refractivity (Wildman–Crippen MR) is 88.6 cm³/mol. The van der Waals surface area contributed by atoms with Crippen LogP contribution in [0.3, 0.4) is 0 Å². The van der Waals surface area contributed by atoms with Crippen LogP contribution in [0.15, 0.2) is 65.8 Å². The first kappa shape index (κ1) is 15.9. The molecule has 0 aliphatic carbocycles.